The van der Waals surface area contributed by atoms with Gasteiger partial charge in [-0.25, -0.2) is 0 Å². The standard InChI is InChI=1S/C20H26N2O2/c1-16-8-10-17(11-9-16)18(22-12-4-2-3-5-13-22)15-21-20(23)19-7-6-14-24-19/h6-11,14,18H,2-5,12-13,15H2,1H3,(H,21,23)/t18-/m0/s1. The Bertz CT molecular complexity index is 626. The molecule has 1 N–H and O–H groups in total. The summed E-state index contributed by atoms with van der Waals surface area (Å²) in [6.07, 6.45) is 6.59. The average Bonchev–Trinajstić information content (AvgIpc) is 3.01. The van der Waals surface area contributed by atoms with Gasteiger partial charge in [0, 0.05) is 6.54 Å². The van der Waals surface area contributed by atoms with E-state index in [9.17, 15) is 4.79 Å². The molecule has 1 aromatic heterocycles. The maximum absolute atomic E-state index is 12.2. The Balaban J connectivity index is 1.73. The molecule has 0 aliphatic carbocycles. The minimum absolute atomic E-state index is 0.146. The van der Waals surface area contributed by atoms with Gasteiger partial charge in [0.05, 0.1) is 12.3 Å². The number of aryl methyl sites for hydroxylation is 1. The van der Waals surface area contributed by atoms with Crippen LogP contribution in [0.5, 0.6) is 0 Å². The molecule has 0 spiro atoms. The Hall–Kier alpha value is -2.07. The van der Waals surface area contributed by atoms with Gasteiger partial charge in [0.1, 0.15) is 0 Å². The fourth-order valence-corrected chi connectivity index (χ4v) is 3.34. The predicted octanol–water partition coefficient (Wildman–Crippen LogP) is 3.94. The number of nitrogens with one attached hydrogen (secondary N) is 1. The topological polar surface area (TPSA) is 45.5 Å². The summed E-state index contributed by atoms with van der Waals surface area (Å²) >= 11 is 0. The summed E-state index contributed by atoms with van der Waals surface area (Å²) in [5.41, 5.74) is 2.52. The largest absolute Gasteiger partial charge is 0.459 e. The number of carbonyl (C=O) groups excluding carboxylic acids is 1. The molecule has 1 aromatic carbocycles. The minimum Gasteiger partial charge on any atom is -0.459 e. The van der Waals surface area contributed by atoms with E-state index in [4.69, 9.17) is 4.42 Å². The van der Waals surface area contributed by atoms with Crippen molar-refractivity contribution >= 4 is 5.91 Å². The van der Waals surface area contributed by atoms with Crippen LogP contribution < -0.4 is 5.32 Å². The van der Waals surface area contributed by atoms with Crippen LogP contribution in [0.2, 0.25) is 0 Å². The van der Waals surface area contributed by atoms with E-state index in [1.165, 1.54) is 43.1 Å². The molecule has 0 bridgehead atoms. The molecule has 0 saturated carbocycles. The minimum atomic E-state index is -0.146. The number of hydrogen-bond acceptors (Lipinski definition) is 3. The summed E-state index contributed by atoms with van der Waals surface area (Å²) in [6, 6.07) is 12.3. The number of furan rings is 1. The molecule has 1 aliphatic heterocycles. The van der Waals surface area contributed by atoms with E-state index in [2.05, 4.69) is 41.4 Å². The van der Waals surface area contributed by atoms with Crippen molar-refractivity contribution in [2.45, 2.75) is 38.6 Å². The van der Waals surface area contributed by atoms with Crippen LogP contribution in [0.4, 0.5) is 0 Å². The summed E-state index contributed by atoms with van der Waals surface area (Å²) in [5, 5.41) is 3.04. The van der Waals surface area contributed by atoms with Crippen LogP contribution in [-0.4, -0.2) is 30.4 Å². The Morgan fingerprint density at radius 2 is 1.83 bits per heavy atom. The van der Waals surface area contributed by atoms with E-state index in [1.807, 2.05) is 0 Å². The van der Waals surface area contributed by atoms with Crippen molar-refractivity contribution in [3.05, 3.63) is 59.5 Å². The molecular formula is C20H26N2O2. The zero-order chi connectivity index (χ0) is 16.8. The van der Waals surface area contributed by atoms with Crippen molar-refractivity contribution in [1.82, 2.24) is 10.2 Å². The fraction of sp³-hybridized carbons (Fsp3) is 0.450. The number of nitrogens with zero attached hydrogens (tertiary/aromatic N) is 1. The monoisotopic (exact) mass is 326 g/mol. The lowest BCUT2D eigenvalue weighted by Gasteiger charge is -2.31. The maximum Gasteiger partial charge on any atom is 0.287 e. The number of benzene rings is 1. The molecule has 2 heterocycles. The quantitative estimate of drug-likeness (QED) is 0.905. The molecular weight excluding hydrogens is 300 g/mol. The fourth-order valence-electron chi connectivity index (χ4n) is 3.34. The lowest BCUT2D eigenvalue weighted by molar-refractivity contribution is 0.0905. The second-order valence-electron chi connectivity index (χ2n) is 6.56. The number of rotatable bonds is 5. The highest BCUT2D eigenvalue weighted by atomic mass is 16.3. The maximum atomic E-state index is 12.2. The highest BCUT2D eigenvalue weighted by molar-refractivity contribution is 5.91. The first-order chi connectivity index (χ1) is 11.7. The van der Waals surface area contributed by atoms with E-state index < -0.39 is 0 Å². The molecule has 1 fully saturated rings. The van der Waals surface area contributed by atoms with Crippen LogP contribution in [0.15, 0.2) is 47.1 Å². The predicted molar refractivity (Wildman–Crippen MR) is 95.0 cm³/mol. The van der Waals surface area contributed by atoms with Gasteiger partial charge < -0.3 is 9.73 Å². The van der Waals surface area contributed by atoms with Crippen LogP contribution in [0, 0.1) is 6.92 Å². The number of hydrogen-bond donors (Lipinski definition) is 1. The lowest BCUT2D eigenvalue weighted by Crippen LogP contribution is -2.38. The van der Waals surface area contributed by atoms with Gasteiger partial charge in [-0.3, -0.25) is 9.69 Å². The van der Waals surface area contributed by atoms with Gasteiger partial charge >= 0.3 is 0 Å². The summed E-state index contributed by atoms with van der Waals surface area (Å²) in [7, 11) is 0. The molecule has 1 atom stereocenters. The molecule has 4 nitrogen and oxygen atoms in total. The molecule has 1 aliphatic rings. The number of amides is 1. The van der Waals surface area contributed by atoms with E-state index >= 15 is 0 Å². The van der Waals surface area contributed by atoms with Crippen molar-refractivity contribution in [3.63, 3.8) is 0 Å². The highest BCUT2D eigenvalue weighted by Gasteiger charge is 2.22. The van der Waals surface area contributed by atoms with Crippen molar-refractivity contribution < 1.29 is 9.21 Å². The summed E-state index contributed by atoms with van der Waals surface area (Å²) in [5.74, 6) is 0.223. The molecule has 128 valence electrons. The molecule has 3 rings (SSSR count). The summed E-state index contributed by atoms with van der Waals surface area (Å²) in [6.45, 7) is 4.89. The molecule has 1 amide bonds. The molecule has 1 saturated heterocycles. The third-order valence-corrected chi connectivity index (χ3v) is 4.74. The normalized spacial score (nSPS) is 17.2. The third kappa shape index (κ3) is 4.26. The SMILES string of the molecule is Cc1ccc([C@H](CNC(=O)c2ccco2)N2CCCCCC2)cc1. The van der Waals surface area contributed by atoms with E-state index in [0.29, 0.717) is 12.3 Å². The van der Waals surface area contributed by atoms with Crippen molar-refractivity contribution in [2.24, 2.45) is 0 Å². The van der Waals surface area contributed by atoms with Gasteiger partial charge in [0.15, 0.2) is 5.76 Å². The van der Waals surface area contributed by atoms with Gasteiger partial charge in [-0.15, -0.1) is 0 Å². The van der Waals surface area contributed by atoms with E-state index in [1.54, 1.807) is 12.1 Å². The lowest BCUT2D eigenvalue weighted by atomic mass is 10.0. The first-order valence-electron chi connectivity index (χ1n) is 8.86. The smallest absolute Gasteiger partial charge is 0.287 e. The molecule has 2 aromatic rings. The average molecular weight is 326 g/mol. The molecule has 24 heavy (non-hydrogen) atoms. The van der Waals surface area contributed by atoms with Crippen LogP contribution in [0.1, 0.15) is 53.4 Å². The van der Waals surface area contributed by atoms with Gasteiger partial charge in [0.2, 0.25) is 0 Å². The van der Waals surface area contributed by atoms with Gasteiger partial charge in [-0.1, -0.05) is 42.7 Å². The van der Waals surface area contributed by atoms with Gasteiger partial charge in [-0.05, 0) is 50.6 Å². The Morgan fingerprint density at radius 1 is 1.12 bits per heavy atom. The van der Waals surface area contributed by atoms with Crippen molar-refractivity contribution in [1.29, 1.82) is 0 Å². The third-order valence-electron chi connectivity index (χ3n) is 4.74. The van der Waals surface area contributed by atoms with E-state index in [0.717, 1.165) is 13.1 Å². The van der Waals surface area contributed by atoms with Crippen LogP contribution in [0.3, 0.4) is 0 Å². The number of carbonyl (C=O) groups is 1. The zero-order valence-electron chi connectivity index (χ0n) is 14.3. The first-order valence-corrected chi connectivity index (χ1v) is 8.86. The first kappa shape index (κ1) is 16.8. The summed E-state index contributed by atoms with van der Waals surface area (Å²) in [4.78, 5) is 14.7. The molecule has 0 radical (unpaired) electrons. The van der Waals surface area contributed by atoms with Crippen LogP contribution in [0.25, 0.3) is 0 Å². The zero-order valence-corrected chi connectivity index (χ0v) is 14.3. The van der Waals surface area contributed by atoms with Crippen LogP contribution in [-0.2, 0) is 0 Å². The van der Waals surface area contributed by atoms with Gasteiger partial charge in [0.25, 0.3) is 5.91 Å². The Labute approximate surface area is 143 Å². The molecule has 0 unspecified atom stereocenters. The highest BCUT2D eigenvalue weighted by Crippen LogP contribution is 2.24. The number of likely N-dealkylation sites (tertiary alicyclic amines) is 1. The van der Waals surface area contributed by atoms with Crippen LogP contribution >= 0.6 is 0 Å². The van der Waals surface area contributed by atoms with E-state index in [-0.39, 0.29) is 11.9 Å². The van der Waals surface area contributed by atoms with Crippen molar-refractivity contribution in [2.75, 3.05) is 19.6 Å². The second kappa shape index (κ2) is 8.15. The van der Waals surface area contributed by atoms with Crippen molar-refractivity contribution in [3.8, 4) is 0 Å². The Kier molecular flexibility index (Phi) is 5.70. The molecule has 4 heteroatoms. The Morgan fingerprint density at radius 3 is 2.46 bits per heavy atom. The van der Waals surface area contributed by atoms with Gasteiger partial charge in [-0.2, -0.15) is 0 Å². The second-order valence-corrected chi connectivity index (χ2v) is 6.56. The summed E-state index contributed by atoms with van der Waals surface area (Å²) < 4.78 is 5.19.